The number of nitrogens with zero attached hydrogens (tertiary/aromatic N) is 2. The molecule has 5 N–H and O–H groups in total. The van der Waals surface area contributed by atoms with Crippen molar-refractivity contribution in [3.05, 3.63) is 71.5 Å². The van der Waals surface area contributed by atoms with Crippen LogP contribution in [0.1, 0.15) is 16.8 Å². The van der Waals surface area contributed by atoms with Crippen molar-refractivity contribution in [1.82, 2.24) is 10.3 Å². The third-order valence-electron chi connectivity index (χ3n) is 6.04. The van der Waals surface area contributed by atoms with Crippen LogP contribution < -0.4 is 26.0 Å². The molecular weight excluding hydrogens is 442 g/mol. The molecule has 3 heterocycles. The minimum atomic E-state index is 0.0889. The van der Waals surface area contributed by atoms with Crippen molar-refractivity contribution in [1.29, 1.82) is 5.41 Å². The van der Waals surface area contributed by atoms with Gasteiger partial charge < -0.3 is 30.7 Å². The van der Waals surface area contributed by atoms with Crippen molar-refractivity contribution in [3.63, 3.8) is 0 Å². The first-order valence-corrected chi connectivity index (χ1v) is 11.6. The van der Waals surface area contributed by atoms with E-state index in [9.17, 15) is 0 Å². The molecule has 3 aromatic rings. The average Bonchev–Trinajstić information content (AvgIpc) is 3.44. The number of aryl methyl sites for hydroxylation is 2. The van der Waals surface area contributed by atoms with Crippen LogP contribution >= 0.6 is 0 Å². The van der Waals surface area contributed by atoms with E-state index < -0.39 is 0 Å². The van der Waals surface area contributed by atoms with E-state index in [2.05, 4.69) is 31.2 Å². The molecule has 0 saturated carbocycles. The number of rotatable bonds is 6. The highest BCUT2D eigenvalue weighted by Gasteiger charge is 2.35. The molecule has 2 unspecified atom stereocenters. The lowest BCUT2D eigenvalue weighted by Gasteiger charge is -2.16. The number of fused-ring (bicyclic) bond motifs is 1. The van der Waals surface area contributed by atoms with Gasteiger partial charge in [-0.05, 0) is 67.9 Å². The van der Waals surface area contributed by atoms with Crippen LogP contribution in [0.15, 0.2) is 59.7 Å². The van der Waals surface area contributed by atoms with E-state index in [4.69, 9.17) is 14.9 Å². The second-order valence-electron chi connectivity index (χ2n) is 8.67. The van der Waals surface area contributed by atoms with E-state index in [1.807, 2.05) is 69.4 Å². The first-order chi connectivity index (χ1) is 17.0. The highest BCUT2D eigenvalue weighted by molar-refractivity contribution is 6.10. The summed E-state index contributed by atoms with van der Waals surface area (Å²) in [5.74, 6) is 1.70. The van der Waals surface area contributed by atoms with Gasteiger partial charge in [0, 0.05) is 48.5 Å². The van der Waals surface area contributed by atoms with Crippen LogP contribution in [0.3, 0.4) is 0 Å². The van der Waals surface area contributed by atoms with Crippen molar-refractivity contribution in [2.75, 3.05) is 36.1 Å². The molecule has 0 spiro atoms. The van der Waals surface area contributed by atoms with Gasteiger partial charge in [-0.1, -0.05) is 0 Å². The maximum atomic E-state index is 8.73. The molecule has 0 radical (unpaired) electrons. The topological polar surface area (TPSA) is 116 Å². The minimum Gasteiger partial charge on any atom is -0.458 e. The Bertz CT molecular complexity index is 1270. The maximum Gasteiger partial charge on any atom is 0.290 e. The molecule has 35 heavy (non-hydrogen) atoms. The van der Waals surface area contributed by atoms with Gasteiger partial charge >= 0.3 is 0 Å². The minimum absolute atomic E-state index is 0.0889. The van der Waals surface area contributed by atoms with Crippen molar-refractivity contribution in [3.8, 4) is 11.5 Å². The van der Waals surface area contributed by atoms with Crippen molar-refractivity contribution < 1.29 is 9.47 Å². The van der Waals surface area contributed by atoms with E-state index in [1.54, 1.807) is 6.20 Å². The van der Waals surface area contributed by atoms with Gasteiger partial charge in [-0.3, -0.25) is 10.4 Å². The molecule has 1 saturated heterocycles. The van der Waals surface area contributed by atoms with E-state index >= 15 is 0 Å². The zero-order chi connectivity index (χ0) is 24.4. The number of nitrogens with one attached hydrogen (secondary N) is 5. The number of anilines is 3. The standard InChI is InChI=1S/C26H29N7O2/c1-15-10-17(6-9-23(15)34-19-7-4-16(2)30-12-19)31-25(27)20-11-18(5-8-21(20)28-3)32-26-33-22-13-29-14-24(22)35-26/h4-12,22,24,28-29H,13-14H2,1-3H3,(H2,27,31)(H,32,33). The highest BCUT2D eigenvalue weighted by atomic mass is 16.5. The quantitative estimate of drug-likeness (QED) is 0.271. The molecule has 2 atom stereocenters. The molecule has 9 nitrogen and oxygen atoms in total. The number of amidine groups is 2. The van der Waals surface area contributed by atoms with E-state index in [0.29, 0.717) is 11.8 Å². The molecule has 0 bridgehead atoms. The lowest BCUT2D eigenvalue weighted by atomic mass is 10.1. The summed E-state index contributed by atoms with van der Waals surface area (Å²) in [6.45, 7) is 5.56. The number of hydrogen-bond acceptors (Lipinski definition) is 8. The molecule has 1 aromatic heterocycles. The fourth-order valence-electron chi connectivity index (χ4n) is 4.14. The van der Waals surface area contributed by atoms with E-state index in [-0.39, 0.29) is 18.0 Å². The van der Waals surface area contributed by atoms with Crippen LogP contribution in [-0.4, -0.2) is 49.1 Å². The molecule has 1 fully saturated rings. The zero-order valence-electron chi connectivity index (χ0n) is 20.0. The summed E-state index contributed by atoms with van der Waals surface area (Å²) in [7, 11) is 1.84. The maximum absolute atomic E-state index is 8.73. The fourth-order valence-corrected chi connectivity index (χ4v) is 4.14. The Morgan fingerprint density at radius 1 is 1.09 bits per heavy atom. The summed E-state index contributed by atoms with van der Waals surface area (Å²) in [5.41, 5.74) is 5.06. The van der Waals surface area contributed by atoms with Crippen LogP contribution in [0.2, 0.25) is 0 Å². The number of benzene rings is 2. The molecule has 180 valence electrons. The Labute approximate surface area is 204 Å². The summed E-state index contributed by atoms with van der Waals surface area (Å²) < 4.78 is 11.9. The van der Waals surface area contributed by atoms with Gasteiger partial charge in [0.25, 0.3) is 6.02 Å². The highest BCUT2D eigenvalue weighted by Crippen LogP contribution is 2.28. The Morgan fingerprint density at radius 3 is 2.69 bits per heavy atom. The first kappa shape index (κ1) is 22.7. The number of aliphatic imine (C=N–C) groups is 1. The number of aromatic nitrogens is 1. The molecule has 0 amide bonds. The Balaban J connectivity index is 1.29. The van der Waals surface area contributed by atoms with Crippen LogP contribution in [0.5, 0.6) is 11.5 Å². The predicted octanol–water partition coefficient (Wildman–Crippen LogP) is 4.11. The van der Waals surface area contributed by atoms with Crippen LogP contribution in [0, 0.1) is 19.3 Å². The Hall–Kier alpha value is -4.11. The Morgan fingerprint density at radius 2 is 1.94 bits per heavy atom. The van der Waals surface area contributed by atoms with E-state index in [1.165, 1.54) is 0 Å². The van der Waals surface area contributed by atoms with Crippen molar-refractivity contribution in [2.45, 2.75) is 26.0 Å². The van der Waals surface area contributed by atoms with Gasteiger partial charge in [0.15, 0.2) is 0 Å². The number of hydrogen-bond donors (Lipinski definition) is 5. The third-order valence-corrected chi connectivity index (χ3v) is 6.04. The first-order valence-electron chi connectivity index (χ1n) is 11.6. The summed E-state index contributed by atoms with van der Waals surface area (Å²) in [5, 5.41) is 21.6. The van der Waals surface area contributed by atoms with Crippen LogP contribution in [-0.2, 0) is 4.74 Å². The van der Waals surface area contributed by atoms with Crippen molar-refractivity contribution >= 4 is 28.9 Å². The number of ether oxygens (including phenoxy) is 2. The lowest BCUT2D eigenvalue weighted by molar-refractivity contribution is 0.224. The van der Waals surface area contributed by atoms with Gasteiger partial charge in [-0.25, -0.2) is 4.99 Å². The molecular formula is C26H29N7O2. The van der Waals surface area contributed by atoms with Gasteiger partial charge in [0.1, 0.15) is 29.5 Å². The lowest BCUT2D eigenvalue weighted by Crippen LogP contribution is -2.23. The normalized spacial score (nSPS) is 18.3. The molecule has 2 aliphatic rings. The van der Waals surface area contributed by atoms with E-state index in [0.717, 1.165) is 52.7 Å². The summed E-state index contributed by atoms with van der Waals surface area (Å²) in [6, 6.07) is 16.0. The van der Waals surface area contributed by atoms with Gasteiger partial charge in [0.05, 0.1) is 6.20 Å². The van der Waals surface area contributed by atoms with Gasteiger partial charge in [-0.2, -0.15) is 0 Å². The second kappa shape index (κ2) is 9.63. The van der Waals surface area contributed by atoms with Crippen LogP contribution in [0.4, 0.5) is 17.1 Å². The van der Waals surface area contributed by atoms with Gasteiger partial charge in [-0.15, -0.1) is 0 Å². The molecule has 9 heteroatoms. The molecule has 2 aliphatic heterocycles. The summed E-state index contributed by atoms with van der Waals surface area (Å²) >= 11 is 0. The summed E-state index contributed by atoms with van der Waals surface area (Å²) in [6.07, 6.45) is 1.80. The SMILES string of the molecule is CNc1ccc(NC2=NC3CNCC3O2)cc1C(=N)Nc1ccc(Oc2ccc(C)nc2)c(C)c1. The third kappa shape index (κ3) is 5.04. The van der Waals surface area contributed by atoms with Gasteiger partial charge in [0.2, 0.25) is 0 Å². The van der Waals surface area contributed by atoms with Crippen LogP contribution in [0.25, 0.3) is 0 Å². The smallest absolute Gasteiger partial charge is 0.290 e. The zero-order valence-corrected chi connectivity index (χ0v) is 20.0. The second-order valence-corrected chi connectivity index (χ2v) is 8.67. The average molecular weight is 472 g/mol. The van der Waals surface area contributed by atoms with Crippen molar-refractivity contribution in [2.24, 2.45) is 4.99 Å². The predicted molar refractivity (Wildman–Crippen MR) is 139 cm³/mol. The molecule has 5 rings (SSSR count). The largest absolute Gasteiger partial charge is 0.458 e. The fraction of sp³-hybridized carbons (Fsp3) is 0.269. The molecule has 0 aliphatic carbocycles. The number of pyridine rings is 1. The molecule has 2 aromatic carbocycles. The summed E-state index contributed by atoms with van der Waals surface area (Å²) in [4.78, 5) is 8.87. The Kier molecular flexibility index (Phi) is 6.24. The monoisotopic (exact) mass is 471 g/mol.